The van der Waals surface area contributed by atoms with E-state index >= 15 is 0 Å². The summed E-state index contributed by atoms with van der Waals surface area (Å²) in [5.41, 5.74) is -1.45. The summed E-state index contributed by atoms with van der Waals surface area (Å²) in [6.07, 6.45) is -3.96. The second kappa shape index (κ2) is 8.37. The van der Waals surface area contributed by atoms with Crippen molar-refractivity contribution in [1.82, 2.24) is 5.32 Å². The maximum atomic E-state index is 13.2. The van der Waals surface area contributed by atoms with Crippen LogP contribution in [-0.4, -0.2) is 24.9 Å². The molecule has 134 valence electrons. The smallest absolute Gasteiger partial charge is 0.355 e. The molecule has 0 saturated carbocycles. The van der Waals surface area contributed by atoms with Crippen molar-refractivity contribution in [3.05, 3.63) is 28.8 Å². The number of alkyl halides is 3. The first-order valence-corrected chi connectivity index (χ1v) is 7.81. The van der Waals surface area contributed by atoms with E-state index in [1.165, 1.54) is 6.07 Å². The van der Waals surface area contributed by atoms with Crippen molar-refractivity contribution in [2.45, 2.75) is 33.4 Å². The van der Waals surface area contributed by atoms with Gasteiger partial charge in [0.1, 0.15) is 6.54 Å². The van der Waals surface area contributed by atoms with E-state index in [4.69, 9.17) is 11.6 Å². The Labute approximate surface area is 144 Å². The van der Waals surface area contributed by atoms with E-state index in [0.717, 1.165) is 30.4 Å². The van der Waals surface area contributed by atoms with Crippen molar-refractivity contribution < 1.29 is 22.8 Å². The third-order valence-corrected chi connectivity index (χ3v) is 3.52. The molecule has 24 heavy (non-hydrogen) atoms. The second-order valence-electron chi connectivity index (χ2n) is 5.80. The molecule has 1 aromatic carbocycles. The summed E-state index contributed by atoms with van der Waals surface area (Å²) >= 11 is 5.63. The van der Waals surface area contributed by atoms with Crippen LogP contribution in [0.25, 0.3) is 0 Å². The van der Waals surface area contributed by atoms with Gasteiger partial charge in [0.05, 0.1) is 11.3 Å². The standard InChI is InChI=1S/C16H20ClF3N2O2/c1-10(2)6-7-21-15(24)9-22(11(3)23)14-5-4-12(17)8-13(14)16(18,19)20/h4-5,8,10H,6-7,9H2,1-3H3,(H,21,24). The molecular formula is C16H20ClF3N2O2. The lowest BCUT2D eigenvalue weighted by Gasteiger charge is -2.24. The van der Waals surface area contributed by atoms with Gasteiger partial charge < -0.3 is 10.2 Å². The van der Waals surface area contributed by atoms with Crippen LogP contribution < -0.4 is 10.2 Å². The van der Waals surface area contributed by atoms with E-state index in [2.05, 4.69) is 5.32 Å². The average molecular weight is 365 g/mol. The Bertz CT molecular complexity index is 603. The fourth-order valence-corrected chi connectivity index (χ4v) is 2.21. The van der Waals surface area contributed by atoms with E-state index in [-0.39, 0.29) is 5.02 Å². The Hall–Kier alpha value is -1.76. The molecule has 1 aromatic rings. The number of halogens is 4. The van der Waals surface area contributed by atoms with Crippen LogP contribution in [0.4, 0.5) is 18.9 Å². The van der Waals surface area contributed by atoms with Crippen LogP contribution in [0.2, 0.25) is 5.02 Å². The molecule has 0 fully saturated rings. The van der Waals surface area contributed by atoms with E-state index in [1.807, 2.05) is 13.8 Å². The SMILES string of the molecule is CC(=O)N(CC(=O)NCCC(C)C)c1ccc(Cl)cc1C(F)(F)F. The van der Waals surface area contributed by atoms with Crippen molar-refractivity contribution in [3.63, 3.8) is 0 Å². The van der Waals surface area contributed by atoms with Gasteiger partial charge in [-0.05, 0) is 30.5 Å². The maximum absolute atomic E-state index is 13.2. The number of hydrogen-bond acceptors (Lipinski definition) is 2. The van der Waals surface area contributed by atoms with E-state index in [9.17, 15) is 22.8 Å². The number of carbonyl (C=O) groups is 2. The minimum absolute atomic E-state index is 0.101. The fraction of sp³-hybridized carbons (Fsp3) is 0.500. The van der Waals surface area contributed by atoms with Crippen LogP contribution in [-0.2, 0) is 15.8 Å². The molecule has 0 heterocycles. The molecule has 8 heteroatoms. The topological polar surface area (TPSA) is 49.4 Å². The number of nitrogens with one attached hydrogen (secondary N) is 1. The van der Waals surface area contributed by atoms with Crippen molar-refractivity contribution in [3.8, 4) is 0 Å². The maximum Gasteiger partial charge on any atom is 0.418 e. The Kier molecular flexibility index (Phi) is 7.08. The van der Waals surface area contributed by atoms with Crippen molar-refractivity contribution >= 4 is 29.1 Å². The highest BCUT2D eigenvalue weighted by atomic mass is 35.5. The summed E-state index contributed by atoms with van der Waals surface area (Å²) in [5, 5.41) is 2.50. The lowest BCUT2D eigenvalue weighted by molar-refractivity contribution is -0.137. The van der Waals surface area contributed by atoms with E-state index in [0.29, 0.717) is 12.5 Å². The van der Waals surface area contributed by atoms with Crippen LogP contribution in [0.15, 0.2) is 18.2 Å². The van der Waals surface area contributed by atoms with Crippen molar-refractivity contribution in [1.29, 1.82) is 0 Å². The molecule has 4 nitrogen and oxygen atoms in total. The van der Waals surface area contributed by atoms with Crippen LogP contribution in [0.1, 0.15) is 32.8 Å². The quantitative estimate of drug-likeness (QED) is 0.833. The lowest BCUT2D eigenvalue weighted by Crippen LogP contribution is -2.41. The summed E-state index contributed by atoms with van der Waals surface area (Å²) < 4.78 is 39.6. The van der Waals surface area contributed by atoms with Crippen LogP contribution in [0.3, 0.4) is 0 Å². The molecule has 0 saturated heterocycles. The molecule has 0 aliphatic carbocycles. The molecule has 0 radical (unpaired) electrons. The van der Waals surface area contributed by atoms with Gasteiger partial charge >= 0.3 is 6.18 Å². The summed E-state index contributed by atoms with van der Waals surface area (Å²) in [5.74, 6) is -0.807. The largest absolute Gasteiger partial charge is 0.418 e. The number of anilines is 1. The first-order valence-electron chi connectivity index (χ1n) is 7.44. The zero-order chi connectivity index (χ0) is 18.5. The number of hydrogen-bond donors (Lipinski definition) is 1. The van der Waals surface area contributed by atoms with Gasteiger partial charge in [0, 0.05) is 18.5 Å². The predicted octanol–water partition coefficient (Wildman–Crippen LogP) is 3.87. The Morgan fingerprint density at radius 1 is 1.29 bits per heavy atom. The zero-order valence-corrected chi connectivity index (χ0v) is 14.5. The fourth-order valence-electron chi connectivity index (χ4n) is 2.04. The summed E-state index contributed by atoms with van der Waals surface area (Å²) in [7, 11) is 0. The minimum Gasteiger partial charge on any atom is -0.355 e. The molecule has 0 bridgehead atoms. The van der Waals surface area contributed by atoms with Gasteiger partial charge in [0.25, 0.3) is 0 Å². The Morgan fingerprint density at radius 3 is 2.42 bits per heavy atom. The van der Waals surface area contributed by atoms with Gasteiger partial charge in [-0.1, -0.05) is 25.4 Å². The number of benzene rings is 1. The monoisotopic (exact) mass is 364 g/mol. The number of carbonyl (C=O) groups excluding carboxylic acids is 2. The molecule has 0 spiro atoms. The first-order chi connectivity index (χ1) is 11.0. The number of amides is 2. The molecule has 0 aromatic heterocycles. The zero-order valence-electron chi connectivity index (χ0n) is 13.7. The molecule has 0 atom stereocenters. The average Bonchev–Trinajstić information content (AvgIpc) is 2.43. The minimum atomic E-state index is -4.69. The highest BCUT2D eigenvalue weighted by Crippen LogP contribution is 2.38. The van der Waals surface area contributed by atoms with Crippen LogP contribution in [0.5, 0.6) is 0 Å². The lowest BCUT2D eigenvalue weighted by atomic mass is 10.1. The van der Waals surface area contributed by atoms with Gasteiger partial charge in [0.15, 0.2) is 0 Å². The van der Waals surface area contributed by atoms with Gasteiger partial charge in [-0.2, -0.15) is 13.2 Å². The Morgan fingerprint density at radius 2 is 1.92 bits per heavy atom. The third kappa shape index (κ3) is 6.03. The molecular weight excluding hydrogens is 345 g/mol. The highest BCUT2D eigenvalue weighted by molar-refractivity contribution is 6.30. The van der Waals surface area contributed by atoms with E-state index in [1.54, 1.807) is 0 Å². The molecule has 0 aliphatic heterocycles. The van der Waals surface area contributed by atoms with Crippen molar-refractivity contribution in [2.75, 3.05) is 18.0 Å². The van der Waals surface area contributed by atoms with Gasteiger partial charge in [-0.3, -0.25) is 9.59 Å². The molecule has 0 aliphatic rings. The predicted molar refractivity (Wildman–Crippen MR) is 86.9 cm³/mol. The summed E-state index contributed by atoms with van der Waals surface area (Å²) in [6, 6.07) is 3.08. The Balaban J connectivity index is 3.01. The molecule has 2 amide bonds. The number of rotatable bonds is 6. The molecule has 0 unspecified atom stereocenters. The summed E-state index contributed by atoms with van der Waals surface area (Å²) in [4.78, 5) is 24.5. The van der Waals surface area contributed by atoms with Gasteiger partial charge in [0.2, 0.25) is 11.8 Å². The normalized spacial score (nSPS) is 11.5. The highest BCUT2D eigenvalue weighted by Gasteiger charge is 2.36. The molecule has 1 N–H and O–H groups in total. The van der Waals surface area contributed by atoms with Crippen molar-refractivity contribution in [2.24, 2.45) is 5.92 Å². The summed E-state index contributed by atoms with van der Waals surface area (Å²) in [6.45, 7) is 4.98. The van der Waals surface area contributed by atoms with Crippen LogP contribution >= 0.6 is 11.6 Å². The number of nitrogens with zero attached hydrogens (tertiary/aromatic N) is 1. The molecule has 1 rings (SSSR count). The first kappa shape index (κ1) is 20.3. The second-order valence-corrected chi connectivity index (χ2v) is 6.23. The van der Waals surface area contributed by atoms with Gasteiger partial charge in [-0.15, -0.1) is 0 Å². The van der Waals surface area contributed by atoms with Gasteiger partial charge in [-0.25, -0.2) is 0 Å². The van der Waals surface area contributed by atoms with E-state index < -0.39 is 35.8 Å². The third-order valence-electron chi connectivity index (χ3n) is 3.28. The van der Waals surface area contributed by atoms with Crippen LogP contribution in [0, 0.1) is 5.92 Å².